The summed E-state index contributed by atoms with van der Waals surface area (Å²) in [7, 11) is -3.88. The number of hydrogen-bond donors (Lipinski definition) is 0. The van der Waals surface area contributed by atoms with E-state index in [1.807, 2.05) is 0 Å². The predicted octanol–water partition coefficient (Wildman–Crippen LogP) is 1.82. The molecule has 0 bridgehead atoms. The molecule has 0 amide bonds. The summed E-state index contributed by atoms with van der Waals surface area (Å²) in [6, 6.07) is 0. The summed E-state index contributed by atoms with van der Waals surface area (Å²) >= 11 is 0. The van der Waals surface area contributed by atoms with E-state index in [9.17, 15) is 8.76 Å². The van der Waals surface area contributed by atoms with Gasteiger partial charge in [0.1, 0.15) is 6.10 Å². The van der Waals surface area contributed by atoms with Crippen LogP contribution in [0.2, 0.25) is 0 Å². The molecule has 0 rings (SSSR count). The molecule has 4 heteroatoms. The molecule has 0 heterocycles. The van der Waals surface area contributed by atoms with Crippen LogP contribution in [0.25, 0.3) is 0 Å². The van der Waals surface area contributed by atoms with Gasteiger partial charge in [-0.05, 0) is 6.92 Å². The predicted molar refractivity (Wildman–Crippen MR) is 34.0 cm³/mol. The summed E-state index contributed by atoms with van der Waals surface area (Å²) in [5.74, 6) is 2.09. The lowest BCUT2D eigenvalue weighted by molar-refractivity contribution is 0.259. The van der Waals surface area contributed by atoms with Crippen molar-refractivity contribution < 1.29 is 13.3 Å². The van der Waals surface area contributed by atoms with Gasteiger partial charge in [-0.2, -0.15) is 4.20 Å². The van der Waals surface area contributed by atoms with Crippen LogP contribution in [0.15, 0.2) is 0 Å². The van der Waals surface area contributed by atoms with Crippen LogP contribution in [0, 0.1) is 12.3 Å². The quantitative estimate of drug-likeness (QED) is 0.443. The third-order valence-electron chi connectivity index (χ3n) is 0.581. The minimum absolute atomic E-state index is 0.717. The average molecular weight is 150 g/mol. The average Bonchev–Trinajstić information content (AvgIpc) is 1.62. The number of terminal acetylenes is 1. The summed E-state index contributed by atoms with van der Waals surface area (Å²) in [6.45, 7) is 2.33. The summed E-state index contributed by atoms with van der Waals surface area (Å²) < 4.78 is 26.5. The first-order chi connectivity index (χ1) is 3.95. The highest BCUT2D eigenvalue weighted by Gasteiger charge is 2.15. The summed E-state index contributed by atoms with van der Waals surface area (Å²) in [6.07, 6.45) is 4.10. The zero-order valence-electron chi connectivity index (χ0n) is 5.30. The summed E-state index contributed by atoms with van der Waals surface area (Å²) in [5.41, 5.74) is 0. The van der Waals surface area contributed by atoms with Gasteiger partial charge in [-0.25, -0.2) is 0 Å². The van der Waals surface area contributed by atoms with E-state index in [1.165, 1.54) is 6.92 Å². The molecule has 0 aliphatic carbocycles. The van der Waals surface area contributed by atoms with Crippen molar-refractivity contribution in [3.63, 3.8) is 0 Å². The maximum atomic E-state index is 12.1. The highest BCUT2D eigenvalue weighted by molar-refractivity contribution is 7.52. The molecule has 0 aromatic rings. The van der Waals surface area contributed by atoms with Crippen LogP contribution < -0.4 is 0 Å². The topological polar surface area (TPSA) is 26.3 Å². The highest BCUT2D eigenvalue weighted by atomic mass is 31.2. The van der Waals surface area contributed by atoms with Crippen molar-refractivity contribution >= 4 is 7.68 Å². The molecular formula is C5H8FO2P. The largest absolute Gasteiger partial charge is 0.365 e. The van der Waals surface area contributed by atoms with Crippen molar-refractivity contribution in [3.05, 3.63) is 0 Å². The first-order valence-corrected chi connectivity index (χ1v) is 4.33. The zero-order valence-corrected chi connectivity index (χ0v) is 6.19. The van der Waals surface area contributed by atoms with E-state index in [0.717, 1.165) is 6.66 Å². The van der Waals surface area contributed by atoms with Gasteiger partial charge in [0.05, 0.1) is 0 Å². The Morgan fingerprint density at radius 1 is 1.89 bits per heavy atom. The molecule has 2 atom stereocenters. The Morgan fingerprint density at radius 2 is 2.33 bits per heavy atom. The molecule has 2 nitrogen and oxygen atoms in total. The SMILES string of the molecule is C#CC(C)OP(C)(=O)F. The molecule has 52 valence electrons. The van der Waals surface area contributed by atoms with Gasteiger partial charge in [0.15, 0.2) is 0 Å². The van der Waals surface area contributed by atoms with Gasteiger partial charge in [0, 0.05) is 6.66 Å². The second-order valence-electron chi connectivity index (χ2n) is 1.66. The van der Waals surface area contributed by atoms with Crippen LogP contribution >= 0.6 is 7.68 Å². The normalized spacial score (nSPS) is 19.8. The van der Waals surface area contributed by atoms with Gasteiger partial charge < -0.3 is 0 Å². The molecule has 2 unspecified atom stereocenters. The van der Waals surface area contributed by atoms with Gasteiger partial charge in [0.2, 0.25) is 0 Å². The van der Waals surface area contributed by atoms with Crippen molar-refractivity contribution in [2.75, 3.05) is 6.66 Å². The third kappa shape index (κ3) is 5.55. The maximum Gasteiger partial charge on any atom is 0.365 e. The fourth-order valence-electron chi connectivity index (χ4n) is 0.313. The van der Waals surface area contributed by atoms with Crippen LogP contribution in [0.4, 0.5) is 4.20 Å². The Balaban J connectivity index is 3.78. The lowest BCUT2D eigenvalue weighted by Crippen LogP contribution is -1.99. The van der Waals surface area contributed by atoms with Crippen molar-refractivity contribution in [2.24, 2.45) is 0 Å². The Labute approximate surface area is 54.0 Å². The zero-order chi connectivity index (χ0) is 7.49. The van der Waals surface area contributed by atoms with Crippen LogP contribution in [-0.4, -0.2) is 12.8 Å². The molecule has 0 aromatic carbocycles. The van der Waals surface area contributed by atoms with Crippen LogP contribution in [0.1, 0.15) is 6.92 Å². The van der Waals surface area contributed by atoms with Gasteiger partial charge in [-0.1, -0.05) is 5.92 Å². The molecule has 0 aliphatic rings. The van der Waals surface area contributed by atoms with E-state index < -0.39 is 13.8 Å². The van der Waals surface area contributed by atoms with Crippen molar-refractivity contribution in [3.8, 4) is 12.3 Å². The van der Waals surface area contributed by atoms with Gasteiger partial charge in [0.25, 0.3) is 0 Å². The molecule has 9 heavy (non-hydrogen) atoms. The van der Waals surface area contributed by atoms with Crippen LogP contribution in [-0.2, 0) is 9.09 Å². The molecule has 0 aromatic heterocycles. The van der Waals surface area contributed by atoms with Gasteiger partial charge >= 0.3 is 7.68 Å². The number of rotatable bonds is 2. The van der Waals surface area contributed by atoms with E-state index in [1.54, 1.807) is 0 Å². The second-order valence-corrected chi connectivity index (χ2v) is 3.37. The van der Waals surface area contributed by atoms with E-state index >= 15 is 0 Å². The molecule has 0 radical (unpaired) electrons. The lowest BCUT2D eigenvalue weighted by Gasteiger charge is -2.05. The smallest absolute Gasteiger partial charge is 0.290 e. The number of hydrogen-bond acceptors (Lipinski definition) is 2. The van der Waals surface area contributed by atoms with Crippen molar-refractivity contribution in [2.45, 2.75) is 13.0 Å². The minimum atomic E-state index is -3.88. The maximum absolute atomic E-state index is 12.1. The minimum Gasteiger partial charge on any atom is -0.290 e. The molecular weight excluding hydrogens is 142 g/mol. The molecule has 0 N–H and O–H groups in total. The fraction of sp³-hybridized carbons (Fsp3) is 0.600. The number of halogens is 1. The Bertz CT molecular complexity index is 166. The Hall–Kier alpha value is -0.320. The van der Waals surface area contributed by atoms with Crippen LogP contribution in [0.5, 0.6) is 0 Å². The molecule has 0 saturated heterocycles. The van der Waals surface area contributed by atoms with Gasteiger partial charge in [-0.3, -0.25) is 9.09 Å². The summed E-state index contributed by atoms with van der Waals surface area (Å²) in [4.78, 5) is 0. The monoisotopic (exact) mass is 150 g/mol. The van der Waals surface area contributed by atoms with E-state index in [-0.39, 0.29) is 0 Å². The molecule has 0 fully saturated rings. The van der Waals surface area contributed by atoms with Crippen molar-refractivity contribution in [1.29, 1.82) is 0 Å². The third-order valence-corrected chi connectivity index (χ3v) is 1.27. The first-order valence-electron chi connectivity index (χ1n) is 2.37. The van der Waals surface area contributed by atoms with Crippen molar-refractivity contribution in [1.82, 2.24) is 0 Å². The van der Waals surface area contributed by atoms with E-state index in [0.29, 0.717) is 0 Å². The van der Waals surface area contributed by atoms with E-state index in [2.05, 4.69) is 10.4 Å². The Kier molecular flexibility index (Phi) is 2.90. The first kappa shape index (κ1) is 8.68. The fourth-order valence-corrected chi connectivity index (χ4v) is 0.939. The molecule has 0 saturated carbocycles. The Morgan fingerprint density at radius 3 is 2.44 bits per heavy atom. The lowest BCUT2D eigenvalue weighted by atomic mass is 10.4. The summed E-state index contributed by atoms with van der Waals surface area (Å²) in [5, 5.41) is 0. The molecule has 0 spiro atoms. The standard InChI is InChI=1S/C5H8FO2P/c1-4-5(2)8-9(3,6)7/h1,5H,2-3H3. The molecule has 0 aliphatic heterocycles. The second kappa shape index (κ2) is 3.00. The van der Waals surface area contributed by atoms with E-state index in [4.69, 9.17) is 6.42 Å². The highest BCUT2D eigenvalue weighted by Crippen LogP contribution is 2.44. The van der Waals surface area contributed by atoms with Gasteiger partial charge in [-0.15, -0.1) is 6.42 Å². The van der Waals surface area contributed by atoms with Crippen LogP contribution in [0.3, 0.4) is 0 Å².